The molecule has 0 aliphatic heterocycles. The Bertz CT molecular complexity index is 699. The highest BCUT2D eigenvalue weighted by molar-refractivity contribution is 7.93. The molecular formula is C14H15FN2O3S. The van der Waals surface area contributed by atoms with Crippen LogP contribution in [0, 0.1) is 29.0 Å². The first-order valence-corrected chi connectivity index (χ1v) is 7.79. The largest absolute Gasteiger partial charge is 0.395 e. The van der Waals surface area contributed by atoms with Gasteiger partial charge in [0.25, 0.3) is 0 Å². The lowest BCUT2D eigenvalue weighted by atomic mass is 10.2. The molecule has 1 unspecified atom stereocenters. The molecule has 2 N–H and O–H groups in total. The zero-order chi connectivity index (χ0) is 15.9. The Morgan fingerprint density at radius 2 is 2.19 bits per heavy atom. The number of nitrogens with one attached hydrogen (secondary N) is 1. The summed E-state index contributed by atoms with van der Waals surface area (Å²) in [6, 6.07) is 5.30. The van der Waals surface area contributed by atoms with E-state index in [0.29, 0.717) is 0 Å². The van der Waals surface area contributed by atoms with Gasteiger partial charge in [-0.1, -0.05) is 18.8 Å². The van der Waals surface area contributed by atoms with Gasteiger partial charge in [-0.3, -0.25) is 4.72 Å². The van der Waals surface area contributed by atoms with E-state index in [0.717, 1.165) is 6.07 Å². The average Bonchev–Trinajstić information content (AvgIpc) is 2.43. The summed E-state index contributed by atoms with van der Waals surface area (Å²) < 4.78 is 39.6. The van der Waals surface area contributed by atoms with E-state index in [1.54, 1.807) is 13.0 Å². The van der Waals surface area contributed by atoms with E-state index in [2.05, 4.69) is 16.6 Å². The van der Waals surface area contributed by atoms with E-state index in [-0.39, 0.29) is 30.7 Å². The van der Waals surface area contributed by atoms with Crippen molar-refractivity contribution in [1.29, 1.82) is 5.26 Å². The SMILES string of the molecule is CCC(C#N)S(=O)(=O)Nc1ccc(F)c(C#CCCO)c1. The normalized spacial score (nSPS) is 11.9. The minimum absolute atomic E-state index is 0.0219. The fraction of sp³-hybridized carbons (Fsp3) is 0.357. The molecule has 0 amide bonds. The maximum atomic E-state index is 13.5. The number of nitrogens with zero attached hydrogens (tertiary/aromatic N) is 1. The molecule has 0 fully saturated rings. The lowest BCUT2D eigenvalue weighted by Gasteiger charge is -2.11. The van der Waals surface area contributed by atoms with Gasteiger partial charge in [-0.25, -0.2) is 12.8 Å². The predicted octanol–water partition coefficient (Wildman–Crippen LogP) is 1.60. The van der Waals surface area contributed by atoms with Gasteiger partial charge in [0.15, 0.2) is 5.25 Å². The summed E-state index contributed by atoms with van der Waals surface area (Å²) in [7, 11) is -3.85. The molecule has 21 heavy (non-hydrogen) atoms. The van der Waals surface area contributed by atoms with Gasteiger partial charge in [0.1, 0.15) is 5.82 Å². The number of anilines is 1. The van der Waals surface area contributed by atoms with Gasteiger partial charge in [0.2, 0.25) is 10.0 Å². The standard InChI is InChI=1S/C14H15FN2O3S/c1-2-13(10-16)21(19,20)17-12-6-7-14(15)11(9-12)5-3-4-8-18/h6-7,9,13,17-18H,2,4,8H2,1H3. The van der Waals surface area contributed by atoms with Crippen molar-refractivity contribution in [2.45, 2.75) is 25.0 Å². The Balaban J connectivity index is 3.04. The molecule has 1 aromatic rings. The van der Waals surface area contributed by atoms with Crippen LogP contribution in [0.4, 0.5) is 10.1 Å². The van der Waals surface area contributed by atoms with Gasteiger partial charge in [0, 0.05) is 12.1 Å². The molecule has 0 radical (unpaired) electrons. The van der Waals surface area contributed by atoms with E-state index < -0.39 is 21.1 Å². The summed E-state index contributed by atoms with van der Waals surface area (Å²) >= 11 is 0. The average molecular weight is 310 g/mol. The van der Waals surface area contributed by atoms with Crippen molar-refractivity contribution >= 4 is 15.7 Å². The number of rotatable bonds is 5. The van der Waals surface area contributed by atoms with Gasteiger partial charge in [-0.15, -0.1) is 0 Å². The zero-order valence-corrected chi connectivity index (χ0v) is 12.2. The molecule has 0 bridgehead atoms. The maximum absolute atomic E-state index is 13.5. The van der Waals surface area contributed by atoms with Crippen LogP contribution in [0.25, 0.3) is 0 Å². The number of hydrogen-bond donors (Lipinski definition) is 2. The van der Waals surface area contributed by atoms with Crippen LogP contribution in [-0.2, 0) is 10.0 Å². The van der Waals surface area contributed by atoms with E-state index in [9.17, 15) is 12.8 Å². The maximum Gasteiger partial charge on any atom is 0.249 e. The fourth-order valence-corrected chi connectivity index (χ4v) is 2.69. The third kappa shape index (κ3) is 4.75. The summed E-state index contributed by atoms with van der Waals surface area (Å²) in [6.07, 6.45) is 0.345. The number of aliphatic hydroxyl groups is 1. The van der Waals surface area contributed by atoms with E-state index in [1.165, 1.54) is 12.1 Å². The summed E-state index contributed by atoms with van der Waals surface area (Å²) in [5.41, 5.74) is 0.159. The summed E-state index contributed by atoms with van der Waals surface area (Å²) in [4.78, 5) is 0. The van der Waals surface area contributed by atoms with Gasteiger partial charge < -0.3 is 5.11 Å². The topological polar surface area (TPSA) is 90.2 Å². The molecule has 0 heterocycles. The first-order valence-electron chi connectivity index (χ1n) is 6.25. The molecule has 1 rings (SSSR count). The van der Waals surface area contributed by atoms with Crippen molar-refractivity contribution in [3.05, 3.63) is 29.6 Å². The number of aliphatic hydroxyl groups excluding tert-OH is 1. The summed E-state index contributed by atoms with van der Waals surface area (Å²) in [6.45, 7) is 1.45. The Labute approximate surface area is 123 Å². The highest BCUT2D eigenvalue weighted by Crippen LogP contribution is 2.17. The lowest BCUT2D eigenvalue weighted by Crippen LogP contribution is -2.26. The second-order valence-corrected chi connectivity index (χ2v) is 6.01. The minimum atomic E-state index is -3.85. The monoisotopic (exact) mass is 310 g/mol. The Hall–Kier alpha value is -2.09. The van der Waals surface area contributed by atoms with Crippen molar-refractivity contribution in [3.8, 4) is 17.9 Å². The van der Waals surface area contributed by atoms with Crippen LogP contribution >= 0.6 is 0 Å². The molecule has 0 spiro atoms. The molecule has 0 aliphatic carbocycles. The molecule has 0 aliphatic rings. The predicted molar refractivity (Wildman–Crippen MR) is 77.2 cm³/mol. The second kappa shape index (κ2) is 7.63. The number of sulfonamides is 1. The van der Waals surface area contributed by atoms with Crippen molar-refractivity contribution in [2.75, 3.05) is 11.3 Å². The Morgan fingerprint density at radius 3 is 2.76 bits per heavy atom. The van der Waals surface area contributed by atoms with E-state index in [1.807, 2.05) is 0 Å². The molecule has 1 atom stereocenters. The van der Waals surface area contributed by atoms with E-state index >= 15 is 0 Å². The summed E-state index contributed by atoms with van der Waals surface area (Å²) in [5, 5.41) is 16.2. The van der Waals surface area contributed by atoms with Crippen LogP contribution in [0.15, 0.2) is 18.2 Å². The first kappa shape index (κ1) is 17.0. The number of benzene rings is 1. The number of halogens is 1. The number of hydrogen-bond acceptors (Lipinski definition) is 4. The van der Waals surface area contributed by atoms with Crippen molar-refractivity contribution in [1.82, 2.24) is 0 Å². The smallest absolute Gasteiger partial charge is 0.249 e. The highest BCUT2D eigenvalue weighted by atomic mass is 32.2. The van der Waals surface area contributed by atoms with Gasteiger partial charge >= 0.3 is 0 Å². The molecule has 5 nitrogen and oxygen atoms in total. The highest BCUT2D eigenvalue weighted by Gasteiger charge is 2.23. The molecule has 0 saturated heterocycles. The van der Waals surface area contributed by atoms with Gasteiger partial charge in [0.05, 0.1) is 18.2 Å². The van der Waals surface area contributed by atoms with Gasteiger partial charge in [-0.05, 0) is 24.6 Å². The second-order valence-electron chi connectivity index (χ2n) is 4.14. The first-order chi connectivity index (χ1) is 9.94. The third-order valence-corrected chi connectivity index (χ3v) is 4.28. The van der Waals surface area contributed by atoms with Crippen molar-refractivity contribution in [3.63, 3.8) is 0 Å². The molecule has 0 saturated carbocycles. The lowest BCUT2D eigenvalue weighted by molar-refractivity contribution is 0.305. The van der Waals surface area contributed by atoms with Crippen LogP contribution < -0.4 is 4.72 Å². The Kier molecular flexibility index (Phi) is 6.16. The van der Waals surface area contributed by atoms with Crippen LogP contribution in [-0.4, -0.2) is 25.4 Å². The molecule has 1 aromatic carbocycles. The summed E-state index contributed by atoms with van der Waals surface area (Å²) in [5.74, 6) is 4.48. The molecular weight excluding hydrogens is 295 g/mol. The van der Waals surface area contributed by atoms with E-state index in [4.69, 9.17) is 10.4 Å². The van der Waals surface area contributed by atoms with Crippen LogP contribution in [0.2, 0.25) is 0 Å². The number of nitriles is 1. The zero-order valence-electron chi connectivity index (χ0n) is 11.4. The quantitative estimate of drug-likeness (QED) is 0.808. The van der Waals surface area contributed by atoms with Crippen molar-refractivity contribution < 1.29 is 17.9 Å². The van der Waals surface area contributed by atoms with Crippen molar-refractivity contribution in [2.24, 2.45) is 0 Å². The molecule has 0 aromatic heterocycles. The molecule has 112 valence electrons. The molecule has 7 heteroatoms. The van der Waals surface area contributed by atoms with Gasteiger partial charge in [-0.2, -0.15) is 5.26 Å². The minimum Gasteiger partial charge on any atom is -0.395 e. The fourth-order valence-electron chi connectivity index (χ4n) is 1.51. The van der Waals surface area contributed by atoms with Crippen LogP contribution in [0.1, 0.15) is 25.3 Å². The van der Waals surface area contributed by atoms with Crippen LogP contribution in [0.5, 0.6) is 0 Å². The van der Waals surface area contributed by atoms with Crippen LogP contribution in [0.3, 0.4) is 0 Å². The third-order valence-electron chi connectivity index (χ3n) is 2.58. The Morgan fingerprint density at radius 1 is 1.48 bits per heavy atom.